The molecule has 1 heterocycles. The van der Waals surface area contributed by atoms with E-state index in [0.717, 1.165) is 18.7 Å². The fraction of sp³-hybridized carbons (Fsp3) is 0.419. The Hall–Kier alpha value is -2.66. The van der Waals surface area contributed by atoms with Gasteiger partial charge in [-0.05, 0) is 47.1 Å². The predicted molar refractivity (Wildman–Crippen MR) is 144 cm³/mol. The molecule has 1 aliphatic rings. The molecule has 0 radical (unpaired) electrons. The maximum Gasteiger partial charge on any atom is 0.123 e. The van der Waals surface area contributed by atoms with Crippen LogP contribution in [0.25, 0.3) is 0 Å². The topological polar surface area (TPSA) is 53.5 Å². The first-order chi connectivity index (χ1) is 16.9. The Labute approximate surface area is 210 Å². The van der Waals surface area contributed by atoms with Crippen molar-refractivity contribution in [3.8, 4) is 5.75 Å². The molecule has 4 rings (SSSR count). The molecular formula is C31H40N2O2. The monoisotopic (exact) mass is 472 g/mol. The van der Waals surface area contributed by atoms with E-state index in [4.69, 9.17) is 4.74 Å². The molecule has 0 aromatic heterocycles. The van der Waals surface area contributed by atoms with Crippen LogP contribution in [0.5, 0.6) is 5.75 Å². The van der Waals surface area contributed by atoms with Gasteiger partial charge in [-0.3, -0.25) is 0 Å². The van der Waals surface area contributed by atoms with Crippen molar-refractivity contribution in [1.29, 1.82) is 0 Å². The third kappa shape index (κ3) is 5.95. The van der Waals surface area contributed by atoms with Crippen LogP contribution in [0.1, 0.15) is 55.4 Å². The van der Waals surface area contributed by atoms with Gasteiger partial charge in [-0.25, -0.2) is 0 Å². The first kappa shape index (κ1) is 25.4. The van der Waals surface area contributed by atoms with Crippen molar-refractivity contribution in [2.75, 3.05) is 20.3 Å². The minimum absolute atomic E-state index is 0.0730. The largest absolute Gasteiger partial charge is 0.496 e. The number of ether oxygens (including phenoxy) is 1. The molecule has 1 fully saturated rings. The number of hydrogen-bond donors (Lipinski definition) is 3. The summed E-state index contributed by atoms with van der Waals surface area (Å²) < 4.78 is 5.72. The maximum atomic E-state index is 9.82. The average Bonchev–Trinajstić information content (AvgIpc) is 3.25. The van der Waals surface area contributed by atoms with Gasteiger partial charge in [0.05, 0.1) is 7.11 Å². The van der Waals surface area contributed by atoms with Crippen LogP contribution < -0.4 is 15.4 Å². The molecule has 0 spiro atoms. The van der Waals surface area contributed by atoms with E-state index >= 15 is 0 Å². The van der Waals surface area contributed by atoms with E-state index in [1.54, 1.807) is 7.11 Å². The van der Waals surface area contributed by atoms with Crippen molar-refractivity contribution in [2.24, 2.45) is 5.92 Å². The van der Waals surface area contributed by atoms with Crippen molar-refractivity contribution in [3.63, 3.8) is 0 Å². The van der Waals surface area contributed by atoms with Crippen LogP contribution in [-0.2, 0) is 12.0 Å². The zero-order chi connectivity index (χ0) is 24.8. The minimum atomic E-state index is 0.0730. The molecule has 4 nitrogen and oxygen atoms in total. The zero-order valence-electron chi connectivity index (χ0n) is 21.5. The molecule has 3 aromatic rings. The molecule has 35 heavy (non-hydrogen) atoms. The molecule has 0 bridgehead atoms. The lowest BCUT2D eigenvalue weighted by atomic mass is 9.80. The molecule has 1 saturated heterocycles. The second-order valence-corrected chi connectivity index (χ2v) is 10.7. The Kier molecular flexibility index (Phi) is 8.27. The van der Waals surface area contributed by atoms with Crippen LogP contribution in [0.3, 0.4) is 0 Å². The van der Waals surface area contributed by atoms with Gasteiger partial charge in [-0.2, -0.15) is 0 Å². The molecule has 0 amide bonds. The lowest BCUT2D eigenvalue weighted by molar-refractivity contribution is 0.241. The SMILES string of the molecule is COc1ccc(C(C)(C)C)cc1CN[C@H]1[C@@H](CCO)CN[C@H]1C(c1ccccc1)c1ccccc1. The van der Waals surface area contributed by atoms with Crippen molar-refractivity contribution >= 4 is 0 Å². The van der Waals surface area contributed by atoms with Crippen LogP contribution in [0.2, 0.25) is 0 Å². The Morgan fingerprint density at radius 2 is 1.60 bits per heavy atom. The fourth-order valence-corrected chi connectivity index (χ4v) is 5.44. The lowest BCUT2D eigenvalue weighted by Crippen LogP contribution is -2.46. The molecule has 0 aliphatic carbocycles. The van der Waals surface area contributed by atoms with E-state index in [9.17, 15) is 5.11 Å². The third-order valence-electron chi connectivity index (χ3n) is 7.36. The van der Waals surface area contributed by atoms with Crippen molar-refractivity contribution in [2.45, 2.75) is 57.2 Å². The van der Waals surface area contributed by atoms with E-state index < -0.39 is 0 Å². The highest BCUT2D eigenvalue weighted by molar-refractivity contribution is 5.40. The number of nitrogens with one attached hydrogen (secondary N) is 2. The zero-order valence-corrected chi connectivity index (χ0v) is 21.5. The van der Waals surface area contributed by atoms with Gasteiger partial charge < -0.3 is 20.5 Å². The van der Waals surface area contributed by atoms with Gasteiger partial charge in [0, 0.05) is 36.7 Å². The first-order valence-electron chi connectivity index (χ1n) is 12.8. The highest BCUT2D eigenvalue weighted by atomic mass is 16.5. The Balaban J connectivity index is 1.66. The summed E-state index contributed by atoms with van der Waals surface area (Å²) in [6.07, 6.45) is 0.774. The number of aliphatic hydroxyl groups excluding tert-OH is 1. The molecule has 4 heteroatoms. The Bertz CT molecular complexity index is 1020. The number of aliphatic hydroxyl groups is 1. The summed E-state index contributed by atoms with van der Waals surface area (Å²) in [5.41, 5.74) is 5.16. The normalized spacial score (nSPS) is 20.3. The fourth-order valence-electron chi connectivity index (χ4n) is 5.44. The molecular weight excluding hydrogens is 432 g/mol. The van der Waals surface area contributed by atoms with Crippen LogP contribution in [0.15, 0.2) is 78.9 Å². The number of methoxy groups -OCH3 is 1. The second kappa shape index (κ2) is 11.4. The highest BCUT2D eigenvalue weighted by Gasteiger charge is 2.40. The van der Waals surface area contributed by atoms with Gasteiger partial charge in [-0.1, -0.05) is 93.6 Å². The first-order valence-corrected chi connectivity index (χ1v) is 12.8. The molecule has 3 N–H and O–H groups in total. The van der Waals surface area contributed by atoms with Crippen molar-refractivity contribution in [3.05, 3.63) is 101 Å². The highest BCUT2D eigenvalue weighted by Crippen LogP contribution is 2.35. The quantitative estimate of drug-likeness (QED) is 0.398. The number of benzene rings is 3. The van der Waals surface area contributed by atoms with E-state index in [1.165, 1.54) is 22.3 Å². The second-order valence-electron chi connectivity index (χ2n) is 10.7. The Morgan fingerprint density at radius 1 is 0.971 bits per heavy atom. The van der Waals surface area contributed by atoms with Gasteiger partial charge >= 0.3 is 0 Å². The van der Waals surface area contributed by atoms with Gasteiger partial charge in [0.1, 0.15) is 5.75 Å². The van der Waals surface area contributed by atoms with Crippen LogP contribution in [0, 0.1) is 5.92 Å². The van der Waals surface area contributed by atoms with Crippen LogP contribution in [0.4, 0.5) is 0 Å². The minimum Gasteiger partial charge on any atom is -0.496 e. The van der Waals surface area contributed by atoms with Crippen molar-refractivity contribution < 1.29 is 9.84 Å². The third-order valence-corrected chi connectivity index (χ3v) is 7.36. The van der Waals surface area contributed by atoms with Gasteiger partial charge in [-0.15, -0.1) is 0 Å². The molecule has 0 saturated carbocycles. The predicted octanol–water partition coefficient (Wildman–Crippen LogP) is 5.25. The van der Waals surface area contributed by atoms with Gasteiger partial charge in [0.2, 0.25) is 0 Å². The number of hydrogen-bond acceptors (Lipinski definition) is 4. The Morgan fingerprint density at radius 3 is 2.14 bits per heavy atom. The smallest absolute Gasteiger partial charge is 0.123 e. The summed E-state index contributed by atoms with van der Waals surface area (Å²) in [6, 6.07) is 28.5. The molecule has 186 valence electrons. The number of rotatable bonds is 9. The standard InChI is InChI=1S/C31H40N2O2/c1-31(2,3)26-15-16-27(35-4)25(19-26)21-32-29-24(17-18-34)20-33-30(29)28(22-11-7-5-8-12-22)23-13-9-6-10-14-23/h5-16,19,24,28-30,32-34H,17-18,20-21H2,1-4H3/t24-,29-,30-/m0/s1. The van der Waals surface area contributed by atoms with Gasteiger partial charge in [0.15, 0.2) is 0 Å². The summed E-state index contributed by atoms with van der Waals surface area (Å²) >= 11 is 0. The van der Waals surface area contributed by atoms with E-state index in [2.05, 4.69) is 110 Å². The maximum absolute atomic E-state index is 9.82. The molecule has 3 aromatic carbocycles. The molecule has 1 aliphatic heterocycles. The summed E-state index contributed by atoms with van der Waals surface area (Å²) in [4.78, 5) is 0. The van der Waals surface area contributed by atoms with E-state index in [1.807, 2.05) is 0 Å². The summed E-state index contributed by atoms with van der Waals surface area (Å²) in [6.45, 7) is 8.52. The summed E-state index contributed by atoms with van der Waals surface area (Å²) in [7, 11) is 1.74. The average molecular weight is 473 g/mol. The van der Waals surface area contributed by atoms with E-state index in [0.29, 0.717) is 12.5 Å². The molecule has 0 unspecified atom stereocenters. The molecule has 3 atom stereocenters. The van der Waals surface area contributed by atoms with Crippen LogP contribution >= 0.6 is 0 Å². The summed E-state index contributed by atoms with van der Waals surface area (Å²) in [5.74, 6) is 1.47. The van der Waals surface area contributed by atoms with Crippen molar-refractivity contribution in [1.82, 2.24) is 10.6 Å². The van der Waals surface area contributed by atoms with E-state index in [-0.39, 0.29) is 30.0 Å². The summed E-state index contributed by atoms with van der Waals surface area (Å²) in [5, 5.41) is 17.6. The van der Waals surface area contributed by atoms with Crippen LogP contribution in [-0.4, -0.2) is 37.5 Å². The lowest BCUT2D eigenvalue weighted by Gasteiger charge is -2.32. The van der Waals surface area contributed by atoms with Gasteiger partial charge in [0.25, 0.3) is 0 Å².